The molecule has 3 aromatic rings. The summed E-state index contributed by atoms with van der Waals surface area (Å²) in [6.45, 7) is 1.72. The summed E-state index contributed by atoms with van der Waals surface area (Å²) in [5.74, 6) is 0.145. The zero-order chi connectivity index (χ0) is 19.4. The van der Waals surface area contributed by atoms with Crippen LogP contribution in [0.5, 0.6) is 5.75 Å². The fourth-order valence-electron chi connectivity index (χ4n) is 2.30. The first kappa shape index (κ1) is 19.2. The molecule has 0 saturated carbocycles. The number of carbonyl (C=O) groups is 1. The normalized spacial score (nSPS) is 11.9. The number of aromatic amines is 1. The highest BCUT2D eigenvalue weighted by molar-refractivity contribution is 8.00. The van der Waals surface area contributed by atoms with Gasteiger partial charge in [-0.15, -0.1) is 5.10 Å². The molecule has 140 valence electrons. The number of hydrogen-bond donors (Lipinski definition) is 2. The molecular weight excluding hydrogens is 391 g/mol. The minimum atomic E-state index is -0.502. The lowest BCUT2D eigenvalue weighted by Crippen LogP contribution is -2.22. The van der Waals surface area contributed by atoms with Crippen LogP contribution >= 0.6 is 23.4 Å². The molecule has 0 saturated heterocycles. The van der Waals surface area contributed by atoms with Crippen LogP contribution in [0.1, 0.15) is 6.92 Å². The van der Waals surface area contributed by atoms with Crippen LogP contribution in [0.15, 0.2) is 47.6 Å². The third kappa shape index (κ3) is 4.58. The summed E-state index contributed by atoms with van der Waals surface area (Å²) < 4.78 is 19.1. The first-order chi connectivity index (χ1) is 13.0. The average molecular weight is 407 g/mol. The van der Waals surface area contributed by atoms with Crippen LogP contribution in [0, 0.1) is 5.82 Å². The molecule has 0 radical (unpaired) electrons. The molecule has 0 aliphatic rings. The van der Waals surface area contributed by atoms with Crippen LogP contribution in [-0.2, 0) is 4.79 Å². The van der Waals surface area contributed by atoms with Crippen molar-refractivity contribution in [3.8, 4) is 17.1 Å². The smallest absolute Gasteiger partial charge is 0.237 e. The number of nitrogens with zero attached hydrogens (tertiary/aromatic N) is 2. The van der Waals surface area contributed by atoms with Crippen molar-refractivity contribution in [3.63, 3.8) is 0 Å². The standard InChI is InChI=1S/C18H16ClFN4O2S/c1-10(17(25)21-14-9-11(19)7-8-15(14)26-2)27-18-22-16(23-24-18)12-5-3-4-6-13(12)20/h3-10H,1-2H3,(H,21,25)(H,22,23,24). The SMILES string of the molecule is COc1ccc(Cl)cc1NC(=O)C(C)Sc1n[nH]c(-c2ccccc2F)n1. The van der Waals surface area contributed by atoms with E-state index in [4.69, 9.17) is 16.3 Å². The highest BCUT2D eigenvalue weighted by Crippen LogP contribution is 2.29. The summed E-state index contributed by atoms with van der Waals surface area (Å²) in [5.41, 5.74) is 0.794. The number of nitrogens with one attached hydrogen (secondary N) is 2. The number of hydrogen-bond acceptors (Lipinski definition) is 5. The monoisotopic (exact) mass is 406 g/mol. The molecule has 3 rings (SSSR count). The zero-order valence-electron chi connectivity index (χ0n) is 14.5. The van der Waals surface area contributed by atoms with E-state index in [1.54, 1.807) is 43.3 Å². The number of methoxy groups -OCH3 is 1. The third-order valence-electron chi connectivity index (χ3n) is 3.66. The van der Waals surface area contributed by atoms with E-state index in [9.17, 15) is 9.18 Å². The van der Waals surface area contributed by atoms with E-state index in [0.717, 1.165) is 11.8 Å². The Labute approximate surface area is 164 Å². The molecule has 1 atom stereocenters. The Kier molecular flexibility index (Phi) is 5.98. The Morgan fingerprint density at radius 1 is 1.33 bits per heavy atom. The van der Waals surface area contributed by atoms with Crippen molar-refractivity contribution < 1.29 is 13.9 Å². The number of amides is 1. The average Bonchev–Trinajstić information content (AvgIpc) is 3.10. The number of halogens is 2. The molecule has 1 unspecified atom stereocenters. The molecule has 2 aromatic carbocycles. The fraction of sp³-hybridized carbons (Fsp3) is 0.167. The van der Waals surface area contributed by atoms with Gasteiger partial charge in [0, 0.05) is 5.02 Å². The summed E-state index contributed by atoms with van der Waals surface area (Å²) in [6, 6.07) is 11.2. The van der Waals surface area contributed by atoms with Crippen molar-refractivity contribution in [1.29, 1.82) is 0 Å². The van der Waals surface area contributed by atoms with E-state index >= 15 is 0 Å². The van der Waals surface area contributed by atoms with E-state index in [1.165, 1.54) is 13.2 Å². The second kappa shape index (κ2) is 8.41. The molecule has 0 fully saturated rings. The lowest BCUT2D eigenvalue weighted by atomic mass is 10.2. The molecule has 27 heavy (non-hydrogen) atoms. The van der Waals surface area contributed by atoms with Crippen LogP contribution in [0.25, 0.3) is 11.4 Å². The molecule has 1 aromatic heterocycles. The second-order valence-corrected chi connectivity index (χ2v) is 7.28. The van der Waals surface area contributed by atoms with E-state index in [0.29, 0.717) is 33.0 Å². The summed E-state index contributed by atoms with van der Waals surface area (Å²) in [5, 5.41) is 9.83. The number of H-pyrrole nitrogens is 1. The number of thioether (sulfide) groups is 1. The molecule has 0 aliphatic heterocycles. The van der Waals surface area contributed by atoms with Gasteiger partial charge in [0.25, 0.3) is 0 Å². The molecule has 1 heterocycles. The Morgan fingerprint density at radius 2 is 2.11 bits per heavy atom. The van der Waals surface area contributed by atoms with Gasteiger partial charge in [0.05, 0.1) is 23.6 Å². The van der Waals surface area contributed by atoms with Crippen molar-refractivity contribution in [2.75, 3.05) is 12.4 Å². The summed E-state index contributed by atoms with van der Waals surface area (Å²) in [4.78, 5) is 16.7. The third-order valence-corrected chi connectivity index (χ3v) is 4.86. The molecule has 0 spiro atoms. The van der Waals surface area contributed by atoms with Gasteiger partial charge in [-0.2, -0.15) is 0 Å². The van der Waals surface area contributed by atoms with Gasteiger partial charge in [-0.25, -0.2) is 9.37 Å². The predicted molar refractivity (Wildman–Crippen MR) is 104 cm³/mol. The first-order valence-corrected chi connectivity index (χ1v) is 9.22. The minimum Gasteiger partial charge on any atom is -0.495 e. The molecular formula is C18H16ClFN4O2S. The van der Waals surface area contributed by atoms with Gasteiger partial charge in [0.1, 0.15) is 11.6 Å². The molecule has 0 aliphatic carbocycles. The summed E-state index contributed by atoms with van der Waals surface area (Å²) in [6.07, 6.45) is 0. The number of rotatable bonds is 6. The van der Waals surface area contributed by atoms with Gasteiger partial charge in [0.15, 0.2) is 5.82 Å². The van der Waals surface area contributed by atoms with Crippen molar-refractivity contribution in [2.45, 2.75) is 17.3 Å². The van der Waals surface area contributed by atoms with Crippen molar-refractivity contribution in [3.05, 3.63) is 53.3 Å². The Bertz CT molecular complexity index is 966. The quantitative estimate of drug-likeness (QED) is 0.593. The van der Waals surface area contributed by atoms with Crippen molar-refractivity contribution >= 4 is 35.0 Å². The largest absolute Gasteiger partial charge is 0.495 e. The molecule has 6 nitrogen and oxygen atoms in total. The number of anilines is 1. The van der Waals surface area contributed by atoms with E-state index in [2.05, 4.69) is 20.5 Å². The zero-order valence-corrected chi connectivity index (χ0v) is 16.1. The van der Waals surface area contributed by atoms with E-state index in [1.807, 2.05) is 0 Å². The number of carbonyl (C=O) groups excluding carboxylic acids is 1. The number of ether oxygens (including phenoxy) is 1. The first-order valence-electron chi connectivity index (χ1n) is 7.96. The van der Waals surface area contributed by atoms with E-state index < -0.39 is 11.1 Å². The minimum absolute atomic E-state index is 0.266. The summed E-state index contributed by atoms with van der Waals surface area (Å²) >= 11 is 7.12. The highest BCUT2D eigenvalue weighted by atomic mass is 35.5. The van der Waals surface area contributed by atoms with Crippen LogP contribution in [-0.4, -0.2) is 33.4 Å². The summed E-state index contributed by atoms with van der Waals surface area (Å²) in [7, 11) is 1.51. The predicted octanol–water partition coefficient (Wildman–Crippen LogP) is 4.39. The maximum atomic E-state index is 13.8. The van der Waals surface area contributed by atoms with Gasteiger partial charge < -0.3 is 10.1 Å². The van der Waals surface area contributed by atoms with Crippen LogP contribution in [0.3, 0.4) is 0 Å². The van der Waals surface area contributed by atoms with Crippen LogP contribution in [0.2, 0.25) is 5.02 Å². The van der Waals surface area contributed by atoms with Crippen molar-refractivity contribution in [1.82, 2.24) is 15.2 Å². The van der Waals surface area contributed by atoms with Crippen molar-refractivity contribution in [2.24, 2.45) is 0 Å². The van der Waals surface area contributed by atoms with Crippen LogP contribution in [0.4, 0.5) is 10.1 Å². The highest BCUT2D eigenvalue weighted by Gasteiger charge is 2.19. The van der Waals surface area contributed by atoms with Gasteiger partial charge in [0.2, 0.25) is 11.1 Å². The lowest BCUT2D eigenvalue weighted by Gasteiger charge is -2.13. The molecule has 9 heteroatoms. The maximum absolute atomic E-state index is 13.8. The van der Waals surface area contributed by atoms with Gasteiger partial charge in [-0.3, -0.25) is 9.89 Å². The fourth-order valence-corrected chi connectivity index (χ4v) is 3.19. The molecule has 1 amide bonds. The van der Waals surface area contributed by atoms with Crippen LogP contribution < -0.4 is 10.1 Å². The lowest BCUT2D eigenvalue weighted by molar-refractivity contribution is -0.115. The van der Waals surface area contributed by atoms with Gasteiger partial charge in [-0.1, -0.05) is 35.5 Å². The number of aromatic nitrogens is 3. The maximum Gasteiger partial charge on any atom is 0.237 e. The Hall–Kier alpha value is -2.58. The molecule has 0 bridgehead atoms. The van der Waals surface area contributed by atoms with Gasteiger partial charge in [-0.05, 0) is 37.3 Å². The second-order valence-electron chi connectivity index (χ2n) is 5.54. The Balaban J connectivity index is 1.69. The van der Waals surface area contributed by atoms with Gasteiger partial charge >= 0.3 is 0 Å². The molecule has 2 N–H and O–H groups in total. The topological polar surface area (TPSA) is 79.9 Å². The Morgan fingerprint density at radius 3 is 2.85 bits per heavy atom. The van der Waals surface area contributed by atoms with E-state index in [-0.39, 0.29) is 5.91 Å². The number of benzene rings is 2.